The smallest absolute Gasteiger partial charge is 0.429 e. The van der Waals surface area contributed by atoms with Crippen LogP contribution in [-0.2, 0) is 149 Å². The number of carbonyl (C=O) groups is 4. The van der Waals surface area contributed by atoms with Gasteiger partial charge in [-0.3, -0.25) is 18.9 Å². The summed E-state index contributed by atoms with van der Waals surface area (Å²) < 4.78 is 120. The summed E-state index contributed by atoms with van der Waals surface area (Å²) in [4.78, 5) is 80.2. The molecule has 47 heteroatoms. The highest BCUT2D eigenvalue weighted by Crippen LogP contribution is 2.53. The Morgan fingerprint density at radius 3 is 1.01 bits per heavy atom. The number of hydrogen-bond donors (Lipinski definition) is 16. The van der Waals surface area contributed by atoms with Gasteiger partial charge in [0, 0.05) is 67.0 Å². The van der Waals surface area contributed by atoms with Crippen LogP contribution < -0.4 is 16.0 Å². The van der Waals surface area contributed by atoms with Crippen LogP contribution in [0.5, 0.6) is 0 Å². The summed E-state index contributed by atoms with van der Waals surface area (Å²) >= 11 is 19.6. The van der Waals surface area contributed by atoms with Crippen molar-refractivity contribution in [1.82, 2.24) is 16.0 Å². The van der Waals surface area contributed by atoms with Crippen LogP contribution in [0.15, 0.2) is 30.3 Å². The third-order valence-corrected chi connectivity index (χ3v) is 22.4. The van der Waals surface area contributed by atoms with Crippen LogP contribution in [-0.4, -0.2) is 315 Å². The largest absolute Gasteiger partial charge is 0.515 e. The number of unbranched alkanes of at least 4 members (excludes halogenated alkanes) is 4. The molecule has 0 spiro atoms. The summed E-state index contributed by atoms with van der Waals surface area (Å²) in [5.41, 5.74) is -0.429. The minimum absolute atomic E-state index is 0.0277. The van der Waals surface area contributed by atoms with E-state index in [2.05, 4.69) is 28.2 Å². The van der Waals surface area contributed by atoms with Crippen LogP contribution in [0.2, 0.25) is 0 Å². The van der Waals surface area contributed by atoms with Gasteiger partial charge in [0.25, 0.3) is 0 Å². The van der Waals surface area contributed by atoms with Gasteiger partial charge in [-0.1, -0.05) is 30.3 Å². The molecule has 3 heterocycles. The minimum atomic E-state index is -4.19. The van der Waals surface area contributed by atoms with Crippen molar-refractivity contribution < 1.29 is 173 Å². The lowest BCUT2D eigenvalue weighted by atomic mass is 9.92. The third-order valence-electron chi connectivity index (χ3n) is 16.0. The van der Waals surface area contributed by atoms with Crippen LogP contribution in [0.3, 0.4) is 0 Å². The van der Waals surface area contributed by atoms with Gasteiger partial charge in [-0.2, -0.15) is 0 Å². The molecule has 109 heavy (non-hydrogen) atoms. The number of carbonyl (C=O) groups excluding carboxylic acids is 4. The van der Waals surface area contributed by atoms with Crippen LogP contribution in [0.1, 0.15) is 97.0 Å². The summed E-state index contributed by atoms with van der Waals surface area (Å²) in [6.07, 6.45) is -14.1. The van der Waals surface area contributed by atoms with Gasteiger partial charge in [-0.15, -0.1) is 0 Å². The number of aliphatic hydroxyl groups is 9. The van der Waals surface area contributed by atoms with Gasteiger partial charge in [0.2, 0.25) is 17.7 Å². The van der Waals surface area contributed by atoms with Crippen LogP contribution in [0, 0.1) is 5.41 Å². The lowest BCUT2D eigenvalue weighted by Gasteiger charge is -2.42. The van der Waals surface area contributed by atoms with Gasteiger partial charge >= 0.3 is 33.1 Å². The van der Waals surface area contributed by atoms with E-state index in [1.807, 2.05) is 0 Å². The number of hydrogen-bond acceptors (Lipinski definition) is 36. The van der Waals surface area contributed by atoms with Crippen molar-refractivity contribution in [3.05, 3.63) is 35.9 Å². The van der Waals surface area contributed by atoms with Crippen molar-refractivity contribution in [2.45, 2.75) is 190 Å². The third kappa shape index (κ3) is 40.3. The molecular weight excluding hydrogens is 1610 g/mol. The zero-order valence-corrected chi connectivity index (χ0v) is 67.9. The normalized spacial score (nSPS) is 27.2. The fourth-order valence-corrected chi connectivity index (χ4v) is 15.3. The fourth-order valence-electron chi connectivity index (χ4n) is 10.5. The second-order valence-corrected chi connectivity index (χ2v) is 36.7. The Labute approximate surface area is 653 Å². The summed E-state index contributed by atoms with van der Waals surface area (Å²) in [5.74, 6) is -1.54. The molecule has 15 N–H and O–H groups in total. The Morgan fingerprint density at radius 1 is 0.431 bits per heavy atom. The maximum absolute atomic E-state index is 12.9. The lowest BCUT2D eigenvalue weighted by Crippen LogP contribution is -2.64. The fraction of sp³-hybridized carbons (Fsp3) is 0.839. The number of nitrogens with one attached hydrogen (secondary N) is 3. The van der Waals surface area contributed by atoms with E-state index < -0.39 is 168 Å². The molecule has 1 aromatic carbocycles. The van der Waals surface area contributed by atoms with Crippen molar-refractivity contribution in [2.75, 3.05) is 139 Å². The first-order valence-electron chi connectivity index (χ1n) is 35.3. The summed E-state index contributed by atoms with van der Waals surface area (Å²) in [6.45, 7) is -14.4. The number of rotatable bonds is 59. The maximum atomic E-state index is 12.9. The van der Waals surface area contributed by atoms with Gasteiger partial charge in [-0.05, 0) is 124 Å². The summed E-state index contributed by atoms with van der Waals surface area (Å²) in [7, 11) is 0. The monoisotopic (exact) mass is 1730 g/mol. The average molecular weight is 1730 g/mol. The number of benzene rings is 1. The number of aliphatic hydroxyl groups excluding tert-OH is 9. The zero-order chi connectivity index (χ0) is 80.5. The van der Waals surface area contributed by atoms with Crippen molar-refractivity contribution in [3.63, 3.8) is 0 Å². The SMILES string of the molecule is CC(=O)NC1[C@H](OCCCCOP(O)(=S)OCCCOCC(COCCCCOP(=O)(S)OC(=O)OCc2ccccc2)(COCCCOP(O)(=S)OCCCCO[C@@H]2OC(CO)[C@H](O)[C@H](O)C2NC(C)=O)COCCCOP(O)(=S)OCCCCO[C@@H]2OC(CO)[C@H](O)[C@H](O)C2NC(C)=O)OC(CO)[C@@H](O)[C@@H]1O. The molecule has 0 radical (unpaired) electrons. The van der Waals surface area contributed by atoms with Gasteiger partial charge in [0.15, 0.2) is 18.9 Å². The minimum Gasteiger partial charge on any atom is -0.429 e. The number of thiol groups is 1. The van der Waals surface area contributed by atoms with Crippen molar-refractivity contribution in [1.29, 1.82) is 0 Å². The van der Waals surface area contributed by atoms with E-state index in [0.29, 0.717) is 50.5 Å². The van der Waals surface area contributed by atoms with Gasteiger partial charge < -0.3 is 160 Å². The molecule has 4 rings (SSSR count). The maximum Gasteiger partial charge on any atom is 0.515 e. The number of ether oxygens (including phenoxy) is 11. The zero-order valence-electron chi connectivity index (χ0n) is 61.0. The Morgan fingerprint density at radius 2 is 0.706 bits per heavy atom. The first kappa shape index (κ1) is 99.6. The van der Waals surface area contributed by atoms with E-state index in [4.69, 9.17) is 124 Å². The molecule has 1 aromatic rings. The second-order valence-electron chi connectivity index (χ2n) is 25.3. The molecule has 0 aliphatic carbocycles. The molecule has 19 atom stereocenters. The van der Waals surface area contributed by atoms with Crippen LogP contribution in [0.4, 0.5) is 4.79 Å². The first-order valence-corrected chi connectivity index (χ1v) is 45.8. The predicted molar refractivity (Wildman–Crippen MR) is 396 cm³/mol. The topological polar surface area (TPSA) is 540 Å². The summed E-state index contributed by atoms with van der Waals surface area (Å²) in [5, 5.41) is 98.9. The second kappa shape index (κ2) is 53.6. The van der Waals surface area contributed by atoms with E-state index in [9.17, 15) is 84.4 Å². The molecule has 0 saturated carbocycles. The van der Waals surface area contributed by atoms with Crippen LogP contribution in [0.25, 0.3) is 0 Å². The molecule has 0 aromatic heterocycles. The predicted octanol–water partition coefficient (Wildman–Crippen LogP) is 0.369. The first-order chi connectivity index (χ1) is 51.8. The average Bonchev–Trinajstić information content (AvgIpc) is 0.819. The highest BCUT2D eigenvalue weighted by molar-refractivity contribution is 8.44. The van der Waals surface area contributed by atoms with E-state index in [0.717, 1.165) is 0 Å². The van der Waals surface area contributed by atoms with Crippen molar-refractivity contribution in [3.8, 4) is 0 Å². The Balaban J connectivity index is 1.35. The number of amides is 3. The Bertz CT molecular complexity index is 2720. The Hall–Kier alpha value is -1.73. The standard InChI is InChI=1S/C62H111N3O36P4S4/c1-42(69)63-49-55(75)52(72)46(34-66)98-58(49)87-24-8-12-27-91-102(79,106)94-31-15-21-84-39-62(38-83-20-7-11-30-97-105(82,109)101-61(78)90-37-45-18-5-4-6-19-45,40-85-22-16-32-95-103(80,107)92-28-13-9-25-88-59-50(64-43(2)70)56(76)53(73)47(35-67)99-59)41-86-23-17-33-96-104(81,108)93-29-14-10-26-89-60-51(65-44(3)71)57(77)54(74)48(36-68)100-60/h4-6,18-19,46-60,66-68,72-77H,7-17,20-41H2,1-3H3,(H,63,69)(H,64,70)(H,65,71)(H,79,106)(H,80,107)(H,81,108)(H,82,109)/t46?,47?,48?,49?,50?,51?,52-,53-,54+,55+,56+,57+,58+,59+,60+,62?,102?,103?,104?,105?/m0/s1. The quantitative estimate of drug-likeness (QED) is 0.0181. The molecule has 3 amide bonds. The molecule has 3 aliphatic heterocycles. The molecule has 39 nitrogen and oxygen atoms in total. The lowest BCUT2D eigenvalue weighted by molar-refractivity contribution is -0.270. The van der Waals surface area contributed by atoms with E-state index in [-0.39, 0.29) is 151 Å². The molecule has 3 saturated heterocycles. The van der Waals surface area contributed by atoms with Crippen molar-refractivity contribution in [2.24, 2.45) is 5.41 Å². The molecule has 3 aliphatic rings. The van der Waals surface area contributed by atoms with Crippen LogP contribution >= 0.6 is 39.2 Å². The molecule has 10 unspecified atom stereocenters. The molecule has 0 bridgehead atoms. The van der Waals surface area contributed by atoms with Gasteiger partial charge in [0.05, 0.1) is 97.9 Å². The Kier molecular flexibility index (Phi) is 49.0. The van der Waals surface area contributed by atoms with Gasteiger partial charge in [0.1, 0.15) is 79.7 Å². The molecular formula is C62H111N3O36P4S4. The molecule has 3 fully saturated rings. The van der Waals surface area contributed by atoms with E-state index >= 15 is 0 Å². The summed E-state index contributed by atoms with van der Waals surface area (Å²) in [6, 6.07) is 5.34. The van der Waals surface area contributed by atoms with Gasteiger partial charge in [-0.25, -0.2) is 9.36 Å². The van der Waals surface area contributed by atoms with E-state index in [1.54, 1.807) is 30.3 Å². The van der Waals surface area contributed by atoms with Crippen molar-refractivity contribution >= 4 is 98.5 Å². The highest BCUT2D eigenvalue weighted by atomic mass is 32.7. The van der Waals surface area contributed by atoms with E-state index in [1.165, 1.54) is 20.8 Å². The highest BCUT2D eigenvalue weighted by Gasteiger charge is 2.48. The molecule has 634 valence electrons.